The number of H-pyrrole nitrogens is 1. The summed E-state index contributed by atoms with van der Waals surface area (Å²) in [4.78, 5) is 11.3. The number of aryl methyl sites for hydroxylation is 1. The zero-order chi connectivity index (χ0) is 30.6. The number of piperidine rings is 1. The van der Waals surface area contributed by atoms with Crippen molar-refractivity contribution in [1.29, 1.82) is 5.26 Å². The number of benzene rings is 3. The Morgan fingerprint density at radius 2 is 1.62 bits per heavy atom. The molecule has 1 aliphatic carbocycles. The lowest BCUT2D eigenvalue weighted by atomic mass is 9.94. The van der Waals surface area contributed by atoms with E-state index in [1.165, 1.54) is 54.6 Å². The summed E-state index contributed by atoms with van der Waals surface area (Å²) in [5.74, 6) is 3.86. The summed E-state index contributed by atoms with van der Waals surface area (Å²) in [5, 5.41) is 11.2. The Morgan fingerprint density at radius 1 is 0.889 bits per heavy atom. The van der Waals surface area contributed by atoms with Gasteiger partial charge in [0.15, 0.2) is 0 Å². The van der Waals surface area contributed by atoms with Gasteiger partial charge in [-0.15, -0.1) is 0 Å². The second-order valence-corrected chi connectivity index (χ2v) is 13.1. The maximum Gasteiger partial charge on any atom is 0.127 e. The molecule has 7 heteroatoms. The Morgan fingerprint density at radius 3 is 2.36 bits per heavy atom. The van der Waals surface area contributed by atoms with Gasteiger partial charge in [0.2, 0.25) is 0 Å². The molecule has 0 atom stereocenters. The zero-order valence-corrected chi connectivity index (χ0v) is 26.5. The Hall–Kier alpha value is -4.05. The van der Waals surface area contributed by atoms with E-state index in [1.54, 1.807) is 0 Å². The molecule has 1 saturated carbocycles. The van der Waals surface area contributed by atoms with Crippen LogP contribution in [0.4, 0.5) is 0 Å². The van der Waals surface area contributed by atoms with E-state index in [2.05, 4.69) is 45.0 Å². The molecule has 2 aromatic heterocycles. The molecular weight excluding hydrogens is 578 g/mol. The molecular formula is C38H40ClN5O. The largest absolute Gasteiger partial charge is 0.457 e. The van der Waals surface area contributed by atoms with Gasteiger partial charge in [-0.25, -0.2) is 4.98 Å². The monoisotopic (exact) mass is 617 g/mol. The fourth-order valence-corrected chi connectivity index (χ4v) is 7.29. The van der Waals surface area contributed by atoms with Gasteiger partial charge >= 0.3 is 0 Å². The molecule has 0 spiro atoms. The minimum absolute atomic E-state index is 0.510. The Balaban J connectivity index is 0.958. The van der Waals surface area contributed by atoms with Gasteiger partial charge in [-0.3, -0.25) is 0 Å². The van der Waals surface area contributed by atoms with E-state index in [4.69, 9.17) is 21.3 Å². The molecule has 1 saturated heterocycles. The van der Waals surface area contributed by atoms with E-state index in [0.717, 1.165) is 73.6 Å². The van der Waals surface area contributed by atoms with Crippen molar-refractivity contribution in [3.63, 3.8) is 0 Å². The minimum atomic E-state index is 0.510. The highest BCUT2D eigenvalue weighted by atomic mass is 35.5. The van der Waals surface area contributed by atoms with Crippen molar-refractivity contribution in [3.8, 4) is 23.3 Å². The first kappa shape index (κ1) is 29.6. The number of rotatable bonds is 10. The molecule has 45 heavy (non-hydrogen) atoms. The molecule has 0 unspecified atom stereocenters. The van der Waals surface area contributed by atoms with Crippen molar-refractivity contribution in [2.75, 3.05) is 19.6 Å². The third-order valence-electron chi connectivity index (χ3n) is 9.71. The van der Waals surface area contributed by atoms with Crippen LogP contribution in [-0.2, 0) is 6.42 Å². The summed E-state index contributed by atoms with van der Waals surface area (Å²) in [5.41, 5.74) is 5.57. The number of halogens is 1. The summed E-state index contributed by atoms with van der Waals surface area (Å²) in [7, 11) is 0. The Labute approximate surface area is 270 Å². The highest BCUT2D eigenvalue weighted by Crippen LogP contribution is 2.37. The van der Waals surface area contributed by atoms with Crippen LogP contribution in [0.5, 0.6) is 11.5 Å². The third-order valence-corrected chi connectivity index (χ3v) is 9.96. The van der Waals surface area contributed by atoms with Crippen molar-refractivity contribution in [1.82, 2.24) is 19.4 Å². The average Bonchev–Trinajstić information content (AvgIpc) is 3.85. The van der Waals surface area contributed by atoms with Crippen molar-refractivity contribution in [2.45, 2.75) is 69.6 Å². The highest BCUT2D eigenvalue weighted by molar-refractivity contribution is 6.30. The summed E-state index contributed by atoms with van der Waals surface area (Å²) >= 11 is 6.03. The SMILES string of the molecule is N#Cc1ccc2[nH]cc(CCCCN3CCC(c4cn(-c5ccc(Oc6ccc(Cl)cc6)cc5)c(C5CCCC5)n4)CC3)c2c1. The number of nitriles is 1. The van der Waals surface area contributed by atoms with E-state index in [1.807, 2.05) is 54.6 Å². The van der Waals surface area contributed by atoms with Crippen LogP contribution in [-0.4, -0.2) is 39.1 Å². The molecule has 3 heterocycles. The lowest BCUT2D eigenvalue weighted by molar-refractivity contribution is 0.207. The molecule has 230 valence electrons. The van der Waals surface area contributed by atoms with Gasteiger partial charge in [0.25, 0.3) is 0 Å². The number of aromatic nitrogens is 3. The first-order chi connectivity index (χ1) is 22.1. The maximum absolute atomic E-state index is 9.27. The molecule has 0 radical (unpaired) electrons. The molecule has 0 amide bonds. The number of nitrogens with one attached hydrogen (secondary N) is 1. The molecule has 1 N–H and O–H groups in total. The highest BCUT2D eigenvalue weighted by Gasteiger charge is 2.28. The molecule has 7 rings (SSSR count). The van der Waals surface area contributed by atoms with Crippen LogP contribution < -0.4 is 4.74 Å². The van der Waals surface area contributed by atoms with Crippen molar-refractivity contribution >= 4 is 22.5 Å². The number of aromatic amines is 1. The first-order valence-corrected chi connectivity index (χ1v) is 16.9. The second kappa shape index (κ2) is 13.5. The summed E-state index contributed by atoms with van der Waals surface area (Å²) < 4.78 is 8.40. The smallest absolute Gasteiger partial charge is 0.127 e. The van der Waals surface area contributed by atoms with Crippen LogP contribution in [0.15, 0.2) is 79.1 Å². The number of unbranched alkanes of at least 4 members (excludes halogenated alkanes) is 1. The fraction of sp³-hybridized carbons (Fsp3) is 0.368. The quantitative estimate of drug-likeness (QED) is 0.158. The first-order valence-electron chi connectivity index (χ1n) is 16.5. The minimum Gasteiger partial charge on any atom is -0.457 e. The molecule has 2 aliphatic rings. The number of nitrogens with zero attached hydrogens (tertiary/aromatic N) is 4. The normalized spacial score (nSPS) is 16.4. The van der Waals surface area contributed by atoms with Crippen LogP contribution >= 0.6 is 11.6 Å². The maximum atomic E-state index is 9.27. The summed E-state index contributed by atoms with van der Waals surface area (Å²) in [6, 6.07) is 24.0. The predicted octanol–water partition coefficient (Wildman–Crippen LogP) is 9.53. The molecule has 2 fully saturated rings. The van der Waals surface area contributed by atoms with Crippen molar-refractivity contribution < 1.29 is 4.74 Å². The Bertz CT molecular complexity index is 1770. The van der Waals surface area contributed by atoms with Gasteiger partial charge in [-0.2, -0.15) is 5.26 Å². The standard InChI is InChI=1S/C38H40ClN5O/c39-31-9-13-33(14-10-31)45-34-15-11-32(12-16-34)44-26-37(42-38(44)29-5-1-2-6-29)28-18-21-43(22-19-28)20-4-3-7-30-25-41-36-17-8-27(24-40)23-35(30)36/h8-17,23,25-26,28-29,41H,1-7,18-22H2. The number of ether oxygens (including phenoxy) is 1. The number of hydrogen-bond donors (Lipinski definition) is 1. The van der Waals surface area contributed by atoms with Crippen LogP contribution in [0.1, 0.15) is 85.8 Å². The van der Waals surface area contributed by atoms with Crippen molar-refractivity contribution in [3.05, 3.63) is 107 Å². The van der Waals surface area contributed by atoms with Crippen LogP contribution in [0, 0.1) is 11.3 Å². The van der Waals surface area contributed by atoms with Gasteiger partial charge in [0, 0.05) is 45.8 Å². The van der Waals surface area contributed by atoms with Gasteiger partial charge < -0.3 is 19.2 Å². The Kier molecular flexibility index (Phi) is 8.91. The molecule has 0 bridgehead atoms. The lowest BCUT2D eigenvalue weighted by Gasteiger charge is -2.31. The predicted molar refractivity (Wildman–Crippen MR) is 181 cm³/mol. The number of fused-ring (bicyclic) bond motifs is 1. The van der Waals surface area contributed by atoms with Gasteiger partial charge in [-0.05, 0) is 137 Å². The number of hydrogen-bond acceptors (Lipinski definition) is 4. The van der Waals surface area contributed by atoms with Crippen LogP contribution in [0.25, 0.3) is 16.6 Å². The van der Waals surface area contributed by atoms with Crippen LogP contribution in [0.3, 0.4) is 0 Å². The van der Waals surface area contributed by atoms with E-state index in [-0.39, 0.29) is 0 Å². The zero-order valence-electron chi connectivity index (χ0n) is 25.7. The topological polar surface area (TPSA) is 69.9 Å². The summed E-state index contributed by atoms with van der Waals surface area (Å²) in [6.07, 6.45) is 15.2. The molecule has 1 aliphatic heterocycles. The van der Waals surface area contributed by atoms with Crippen LogP contribution in [0.2, 0.25) is 5.02 Å². The number of likely N-dealkylation sites (tertiary alicyclic amines) is 1. The van der Waals surface area contributed by atoms with E-state index in [0.29, 0.717) is 16.9 Å². The average molecular weight is 618 g/mol. The van der Waals surface area contributed by atoms with Gasteiger partial charge in [0.05, 0.1) is 17.3 Å². The third kappa shape index (κ3) is 6.81. The van der Waals surface area contributed by atoms with Gasteiger partial charge in [-0.1, -0.05) is 24.4 Å². The number of imidazole rings is 1. The lowest BCUT2D eigenvalue weighted by Crippen LogP contribution is -2.33. The van der Waals surface area contributed by atoms with Crippen molar-refractivity contribution in [2.24, 2.45) is 0 Å². The van der Waals surface area contributed by atoms with E-state index >= 15 is 0 Å². The fourth-order valence-electron chi connectivity index (χ4n) is 7.16. The van der Waals surface area contributed by atoms with E-state index < -0.39 is 0 Å². The van der Waals surface area contributed by atoms with E-state index in [9.17, 15) is 5.26 Å². The summed E-state index contributed by atoms with van der Waals surface area (Å²) in [6.45, 7) is 3.40. The van der Waals surface area contributed by atoms with Gasteiger partial charge in [0.1, 0.15) is 17.3 Å². The molecule has 6 nitrogen and oxygen atoms in total. The molecule has 5 aromatic rings. The second-order valence-electron chi connectivity index (χ2n) is 12.7. The molecule has 3 aromatic carbocycles.